The highest BCUT2D eigenvalue weighted by Crippen LogP contribution is 2.35. The molecule has 2 amide bonds. The molecule has 1 heterocycles. The first-order valence-corrected chi connectivity index (χ1v) is 9.17. The normalized spacial score (nSPS) is 14.1. The summed E-state index contributed by atoms with van der Waals surface area (Å²) in [5.41, 5.74) is 2.27. The van der Waals surface area contributed by atoms with E-state index >= 15 is 0 Å². The number of imide groups is 1. The van der Waals surface area contributed by atoms with Crippen LogP contribution in [0.1, 0.15) is 11.1 Å². The molecule has 3 rings (SSSR count). The van der Waals surface area contributed by atoms with Gasteiger partial charge in [0.25, 0.3) is 11.8 Å². The zero-order valence-corrected chi connectivity index (χ0v) is 16.6. The Bertz CT molecular complexity index is 999. The van der Waals surface area contributed by atoms with E-state index in [9.17, 15) is 9.59 Å². The van der Waals surface area contributed by atoms with E-state index in [0.29, 0.717) is 21.3 Å². The lowest BCUT2D eigenvalue weighted by Crippen LogP contribution is -2.32. The highest BCUT2D eigenvalue weighted by Gasteiger charge is 2.39. The molecule has 0 saturated carbocycles. The second kappa shape index (κ2) is 7.77. The van der Waals surface area contributed by atoms with Crippen LogP contribution in [-0.2, 0) is 9.59 Å². The maximum absolute atomic E-state index is 12.9. The van der Waals surface area contributed by atoms with Crippen LogP contribution in [0.25, 0.3) is 5.57 Å². The summed E-state index contributed by atoms with van der Waals surface area (Å²) in [5.74, 6) is -0.895. The second-order valence-corrected chi connectivity index (χ2v) is 7.25. The Kier molecular flexibility index (Phi) is 5.61. The summed E-state index contributed by atoms with van der Waals surface area (Å²) in [5, 5.41) is 4.38. The molecule has 1 aliphatic heterocycles. The van der Waals surface area contributed by atoms with Crippen molar-refractivity contribution < 1.29 is 9.59 Å². The summed E-state index contributed by atoms with van der Waals surface area (Å²) in [6.07, 6.45) is 1.49. The monoisotopic (exact) mass is 420 g/mol. The summed E-state index contributed by atoms with van der Waals surface area (Å²) >= 11 is 18.3. The predicted octanol–water partition coefficient (Wildman–Crippen LogP) is 5.33. The number of nitrogens with one attached hydrogen (secondary N) is 1. The number of rotatable bonds is 5. The summed E-state index contributed by atoms with van der Waals surface area (Å²) in [7, 11) is 0. The van der Waals surface area contributed by atoms with Gasteiger partial charge in [-0.2, -0.15) is 0 Å². The lowest BCUT2D eigenvalue weighted by Gasteiger charge is -2.13. The Hall–Kier alpha value is -2.27. The van der Waals surface area contributed by atoms with Gasteiger partial charge in [0.15, 0.2) is 0 Å². The van der Waals surface area contributed by atoms with E-state index in [0.717, 1.165) is 10.5 Å². The molecule has 0 atom stereocenters. The van der Waals surface area contributed by atoms with Crippen molar-refractivity contribution in [3.05, 3.63) is 80.9 Å². The van der Waals surface area contributed by atoms with Crippen molar-refractivity contribution in [2.75, 3.05) is 11.9 Å². The fourth-order valence-electron chi connectivity index (χ4n) is 2.83. The van der Waals surface area contributed by atoms with Gasteiger partial charge in [-0.3, -0.25) is 14.5 Å². The lowest BCUT2D eigenvalue weighted by atomic mass is 10.0. The Balaban J connectivity index is 2.15. The van der Waals surface area contributed by atoms with Crippen LogP contribution in [0.2, 0.25) is 15.1 Å². The molecule has 4 nitrogen and oxygen atoms in total. The van der Waals surface area contributed by atoms with Crippen molar-refractivity contribution in [3.8, 4) is 0 Å². The van der Waals surface area contributed by atoms with Gasteiger partial charge in [0.05, 0.1) is 10.6 Å². The summed E-state index contributed by atoms with van der Waals surface area (Å²) in [6, 6.07) is 10.00. The number of carbonyl (C=O) groups is 2. The van der Waals surface area contributed by atoms with Crippen LogP contribution in [0.3, 0.4) is 0 Å². The van der Waals surface area contributed by atoms with Crippen LogP contribution in [0, 0.1) is 6.92 Å². The van der Waals surface area contributed by atoms with E-state index in [1.54, 1.807) is 30.3 Å². The molecule has 2 aromatic carbocycles. The number of halogens is 3. The van der Waals surface area contributed by atoms with Crippen molar-refractivity contribution in [1.82, 2.24) is 4.90 Å². The van der Waals surface area contributed by atoms with Gasteiger partial charge in [0.2, 0.25) is 0 Å². The van der Waals surface area contributed by atoms with Crippen LogP contribution in [0.5, 0.6) is 0 Å². The smallest absolute Gasteiger partial charge is 0.278 e. The molecule has 0 aromatic heterocycles. The van der Waals surface area contributed by atoms with Crippen LogP contribution in [0.15, 0.2) is 54.8 Å². The van der Waals surface area contributed by atoms with Gasteiger partial charge < -0.3 is 5.32 Å². The Morgan fingerprint density at radius 3 is 2.33 bits per heavy atom. The van der Waals surface area contributed by atoms with E-state index in [-0.39, 0.29) is 22.8 Å². The molecule has 1 N–H and O–H groups in total. The SMILES string of the molecule is C=CCN1C(=O)C(Nc2ccc(Cl)cc2C)=C(c2ccc(Cl)cc2Cl)C1=O. The van der Waals surface area contributed by atoms with E-state index in [1.165, 1.54) is 12.1 Å². The van der Waals surface area contributed by atoms with Crippen molar-refractivity contribution in [2.45, 2.75) is 6.92 Å². The largest absolute Gasteiger partial charge is 0.350 e. The first kappa shape index (κ1) is 19.5. The molecule has 0 unspecified atom stereocenters. The molecule has 1 aliphatic rings. The maximum atomic E-state index is 12.9. The number of benzene rings is 2. The molecular weight excluding hydrogens is 407 g/mol. The van der Waals surface area contributed by atoms with Crippen LogP contribution in [0.4, 0.5) is 5.69 Å². The molecule has 0 radical (unpaired) electrons. The Labute approximate surface area is 172 Å². The standard InChI is InChI=1S/C20H15Cl3N2O2/c1-3-8-25-19(26)17(14-6-4-13(22)10-15(14)23)18(20(25)27)24-16-7-5-12(21)9-11(16)2/h3-7,9-10,24H,1,8H2,2H3. The molecular formula is C20H15Cl3N2O2. The van der Waals surface area contributed by atoms with Crippen molar-refractivity contribution >= 4 is 57.9 Å². The molecule has 0 bridgehead atoms. The molecule has 27 heavy (non-hydrogen) atoms. The third kappa shape index (κ3) is 3.74. The number of hydrogen-bond donors (Lipinski definition) is 1. The quantitative estimate of drug-likeness (QED) is 0.524. The minimum atomic E-state index is -0.449. The molecule has 0 fully saturated rings. The van der Waals surface area contributed by atoms with E-state index in [2.05, 4.69) is 11.9 Å². The summed E-state index contributed by atoms with van der Waals surface area (Å²) in [4.78, 5) is 26.9. The summed E-state index contributed by atoms with van der Waals surface area (Å²) < 4.78 is 0. The highest BCUT2D eigenvalue weighted by molar-refractivity contribution is 6.41. The number of aryl methyl sites for hydroxylation is 1. The van der Waals surface area contributed by atoms with Crippen LogP contribution >= 0.6 is 34.8 Å². The van der Waals surface area contributed by atoms with E-state index < -0.39 is 11.8 Å². The third-order valence-electron chi connectivity index (χ3n) is 4.13. The van der Waals surface area contributed by atoms with Crippen molar-refractivity contribution in [3.63, 3.8) is 0 Å². The highest BCUT2D eigenvalue weighted by atomic mass is 35.5. The first-order chi connectivity index (χ1) is 12.8. The second-order valence-electron chi connectivity index (χ2n) is 5.97. The van der Waals surface area contributed by atoms with Gasteiger partial charge >= 0.3 is 0 Å². The number of nitrogens with zero attached hydrogens (tertiary/aromatic N) is 1. The van der Waals surface area contributed by atoms with Gasteiger partial charge in [-0.1, -0.05) is 46.9 Å². The minimum absolute atomic E-state index is 0.0944. The molecule has 2 aromatic rings. The fourth-order valence-corrected chi connectivity index (χ4v) is 3.56. The van der Waals surface area contributed by atoms with Crippen LogP contribution in [-0.4, -0.2) is 23.3 Å². The summed E-state index contributed by atoms with van der Waals surface area (Å²) in [6.45, 7) is 5.56. The number of hydrogen-bond acceptors (Lipinski definition) is 3. The van der Waals surface area contributed by atoms with E-state index in [4.69, 9.17) is 34.8 Å². The average Bonchev–Trinajstić information content (AvgIpc) is 2.82. The van der Waals surface area contributed by atoms with Gasteiger partial charge in [-0.05, 0) is 42.8 Å². The first-order valence-electron chi connectivity index (χ1n) is 8.03. The zero-order valence-electron chi connectivity index (χ0n) is 14.4. The minimum Gasteiger partial charge on any atom is -0.350 e. The molecule has 0 saturated heterocycles. The average molecular weight is 422 g/mol. The molecule has 0 aliphatic carbocycles. The number of carbonyl (C=O) groups excluding carboxylic acids is 2. The molecule has 7 heteroatoms. The van der Waals surface area contributed by atoms with Crippen molar-refractivity contribution in [1.29, 1.82) is 0 Å². The third-order valence-corrected chi connectivity index (χ3v) is 4.91. The molecule has 138 valence electrons. The van der Waals surface area contributed by atoms with Gasteiger partial charge in [-0.25, -0.2) is 0 Å². The zero-order chi connectivity index (χ0) is 19.7. The van der Waals surface area contributed by atoms with Gasteiger partial charge in [0, 0.05) is 27.8 Å². The van der Waals surface area contributed by atoms with E-state index in [1.807, 2.05) is 6.92 Å². The van der Waals surface area contributed by atoms with Crippen molar-refractivity contribution in [2.24, 2.45) is 0 Å². The molecule has 0 spiro atoms. The Morgan fingerprint density at radius 2 is 1.70 bits per heavy atom. The topological polar surface area (TPSA) is 49.4 Å². The number of amides is 2. The van der Waals surface area contributed by atoms with Crippen LogP contribution < -0.4 is 5.32 Å². The maximum Gasteiger partial charge on any atom is 0.278 e. The van der Waals surface area contributed by atoms with Gasteiger partial charge in [0.1, 0.15) is 5.70 Å². The fraction of sp³-hybridized carbons (Fsp3) is 0.100. The Morgan fingerprint density at radius 1 is 1.04 bits per heavy atom. The van der Waals surface area contributed by atoms with Gasteiger partial charge in [-0.15, -0.1) is 6.58 Å². The lowest BCUT2D eigenvalue weighted by molar-refractivity contribution is -0.136. The number of anilines is 1. The predicted molar refractivity (Wildman–Crippen MR) is 110 cm³/mol.